The molecule has 1 N–H and O–H groups in total. The largest absolute Gasteiger partial charge is 0.433 e. The van der Waals surface area contributed by atoms with Gasteiger partial charge in [-0.05, 0) is 26.0 Å². The van der Waals surface area contributed by atoms with E-state index in [1.54, 1.807) is 12.1 Å². The number of nitrogens with zero attached hydrogens (tertiary/aromatic N) is 4. The summed E-state index contributed by atoms with van der Waals surface area (Å²) in [6.45, 7) is 4.09. The molecule has 0 saturated heterocycles. The fraction of sp³-hybridized carbons (Fsp3) is 0.250. The van der Waals surface area contributed by atoms with Gasteiger partial charge in [-0.25, -0.2) is 15.0 Å². The van der Waals surface area contributed by atoms with Crippen LogP contribution in [-0.4, -0.2) is 19.9 Å². The fourth-order valence-corrected chi connectivity index (χ4v) is 3.05. The van der Waals surface area contributed by atoms with Gasteiger partial charge in [0.05, 0.1) is 17.2 Å². The first-order valence-corrected chi connectivity index (χ1v) is 8.18. The lowest BCUT2D eigenvalue weighted by atomic mass is 10.2. The minimum Gasteiger partial charge on any atom is -0.364 e. The monoisotopic (exact) mass is 365 g/mol. The summed E-state index contributed by atoms with van der Waals surface area (Å²) >= 11 is 1.54. The number of halogens is 3. The smallest absolute Gasteiger partial charge is 0.364 e. The maximum Gasteiger partial charge on any atom is 0.433 e. The Bertz CT molecular complexity index is 877. The third kappa shape index (κ3) is 4.11. The molecule has 3 rings (SSSR count). The molecule has 0 unspecified atom stereocenters. The molecule has 3 aromatic heterocycles. The Morgan fingerprint density at radius 2 is 1.96 bits per heavy atom. The van der Waals surface area contributed by atoms with E-state index in [1.807, 2.05) is 13.8 Å². The van der Waals surface area contributed by atoms with Crippen LogP contribution < -0.4 is 5.32 Å². The van der Waals surface area contributed by atoms with Gasteiger partial charge in [0.1, 0.15) is 5.82 Å². The lowest BCUT2D eigenvalue weighted by molar-refractivity contribution is -0.141. The summed E-state index contributed by atoms with van der Waals surface area (Å²) in [5, 5.41) is 3.82. The van der Waals surface area contributed by atoms with Gasteiger partial charge in [-0.2, -0.15) is 13.2 Å². The number of alkyl halides is 3. The molecule has 130 valence electrons. The zero-order chi connectivity index (χ0) is 18.0. The van der Waals surface area contributed by atoms with Crippen LogP contribution in [0.15, 0.2) is 30.6 Å². The average Bonchev–Trinajstić information content (AvgIpc) is 2.90. The number of aromatic nitrogens is 4. The lowest BCUT2D eigenvalue weighted by Crippen LogP contribution is -2.12. The summed E-state index contributed by atoms with van der Waals surface area (Å²) in [5.74, 6) is 0.0582. The zero-order valence-corrected chi connectivity index (χ0v) is 14.2. The molecule has 0 aliphatic carbocycles. The summed E-state index contributed by atoms with van der Waals surface area (Å²) in [4.78, 5) is 17.1. The van der Waals surface area contributed by atoms with Crippen LogP contribution in [0.2, 0.25) is 0 Å². The molecule has 3 heterocycles. The highest BCUT2D eigenvalue weighted by Crippen LogP contribution is 2.30. The molecule has 0 saturated carbocycles. The Morgan fingerprint density at radius 1 is 1.16 bits per heavy atom. The van der Waals surface area contributed by atoms with Crippen LogP contribution in [-0.2, 0) is 12.7 Å². The zero-order valence-electron chi connectivity index (χ0n) is 13.4. The van der Waals surface area contributed by atoms with Crippen LogP contribution in [0.5, 0.6) is 0 Å². The standard InChI is InChI=1S/C16H14F3N5S/c1-9-12(22-10(2)25-9)8-21-14-6-13(16(17,18)19)23-15(24-14)11-4-3-5-20-7-11/h3-7H,8H2,1-2H3,(H,21,23,24). The predicted molar refractivity (Wildman–Crippen MR) is 89.2 cm³/mol. The highest BCUT2D eigenvalue weighted by atomic mass is 32.1. The summed E-state index contributed by atoms with van der Waals surface area (Å²) in [6, 6.07) is 4.13. The van der Waals surface area contributed by atoms with E-state index in [0.29, 0.717) is 5.56 Å². The second-order valence-corrected chi connectivity index (χ2v) is 6.70. The van der Waals surface area contributed by atoms with Gasteiger partial charge in [-0.15, -0.1) is 11.3 Å². The molecular formula is C16H14F3N5S. The fourth-order valence-electron chi connectivity index (χ4n) is 2.22. The van der Waals surface area contributed by atoms with Gasteiger partial charge < -0.3 is 5.32 Å². The number of pyridine rings is 1. The molecule has 0 bridgehead atoms. The topological polar surface area (TPSA) is 63.6 Å². The maximum atomic E-state index is 13.1. The van der Waals surface area contributed by atoms with Crippen LogP contribution >= 0.6 is 11.3 Å². The minimum atomic E-state index is -4.57. The van der Waals surface area contributed by atoms with Crippen LogP contribution in [0, 0.1) is 13.8 Å². The number of anilines is 1. The number of nitrogens with one attached hydrogen (secondary N) is 1. The number of thiazole rings is 1. The van der Waals surface area contributed by atoms with Crippen molar-refractivity contribution in [2.75, 3.05) is 5.32 Å². The molecule has 9 heteroatoms. The van der Waals surface area contributed by atoms with Crippen molar-refractivity contribution >= 4 is 17.2 Å². The molecule has 0 atom stereocenters. The van der Waals surface area contributed by atoms with Crippen molar-refractivity contribution in [3.8, 4) is 11.4 Å². The summed E-state index contributed by atoms with van der Waals surface area (Å²) in [5.41, 5.74) is 0.199. The van der Waals surface area contributed by atoms with Gasteiger partial charge in [0, 0.05) is 28.9 Å². The second kappa shape index (κ2) is 6.75. The molecule has 0 amide bonds. The van der Waals surface area contributed by atoms with Crippen molar-refractivity contribution in [3.63, 3.8) is 0 Å². The summed E-state index contributed by atoms with van der Waals surface area (Å²) < 4.78 is 39.4. The highest BCUT2D eigenvalue weighted by Gasteiger charge is 2.33. The Kier molecular flexibility index (Phi) is 4.67. The first-order valence-electron chi connectivity index (χ1n) is 7.36. The SMILES string of the molecule is Cc1nc(CNc2cc(C(F)(F)F)nc(-c3cccnc3)n2)c(C)s1. The molecule has 0 aliphatic heterocycles. The first-order chi connectivity index (χ1) is 11.8. The van der Waals surface area contributed by atoms with Crippen LogP contribution in [0.4, 0.5) is 19.0 Å². The Labute approximate surface area is 146 Å². The van der Waals surface area contributed by atoms with Gasteiger partial charge in [-0.3, -0.25) is 4.98 Å². The lowest BCUT2D eigenvalue weighted by Gasteiger charge is -2.11. The Morgan fingerprint density at radius 3 is 2.56 bits per heavy atom. The van der Waals surface area contributed by atoms with Crippen LogP contribution in [0.3, 0.4) is 0 Å². The number of hydrogen-bond acceptors (Lipinski definition) is 6. The van der Waals surface area contributed by atoms with Crippen molar-refractivity contribution in [2.45, 2.75) is 26.6 Å². The van der Waals surface area contributed by atoms with E-state index in [9.17, 15) is 13.2 Å². The maximum absolute atomic E-state index is 13.1. The molecule has 0 fully saturated rings. The van der Waals surface area contributed by atoms with E-state index in [-0.39, 0.29) is 18.2 Å². The number of aryl methyl sites for hydroxylation is 2. The molecule has 25 heavy (non-hydrogen) atoms. The predicted octanol–water partition coefficient (Wildman–Crippen LogP) is 4.24. The minimum absolute atomic E-state index is 0.0309. The van der Waals surface area contributed by atoms with Crippen LogP contribution in [0.1, 0.15) is 21.3 Å². The van der Waals surface area contributed by atoms with Gasteiger partial charge in [0.2, 0.25) is 0 Å². The van der Waals surface area contributed by atoms with Crippen molar-refractivity contribution in [1.29, 1.82) is 0 Å². The van der Waals surface area contributed by atoms with Gasteiger partial charge in [0.15, 0.2) is 11.5 Å². The second-order valence-electron chi connectivity index (χ2n) is 5.29. The number of hydrogen-bond donors (Lipinski definition) is 1. The molecule has 5 nitrogen and oxygen atoms in total. The molecule has 3 aromatic rings. The van der Waals surface area contributed by atoms with Crippen molar-refractivity contribution in [3.05, 3.63) is 51.9 Å². The van der Waals surface area contributed by atoms with Crippen molar-refractivity contribution in [2.24, 2.45) is 0 Å². The van der Waals surface area contributed by atoms with Crippen molar-refractivity contribution < 1.29 is 13.2 Å². The number of rotatable bonds is 4. The van der Waals surface area contributed by atoms with Gasteiger partial charge in [-0.1, -0.05) is 0 Å². The highest BCUT2D eigenvalue weighted by molar-refractivity contribution is 7.11. The summed E-state index contributed by atoms with van der Waals surface area (Å²) in [6.07, 6.45) is -1.61. The third-order valence-corrected chi connectivity index (χ3v) is 4.30. The quantitative estimate of drug-likeness (QED) is 0.749. The van der Waals surface area contributed by atoms with E-state index < -0.39 is 11.9 Å². The van der Waals surface area contributed by atoms with E-state index in [0.717, 1.165) is 21.6 Å². The first kappa shape index (κ1) is 17.3. The normalized spacial score (nSPS) is 11.6. The van der Waals surface area contributed by atoms with Crippen molar-refractivity contribution in [1.82, 2.24) is 19.9 Å². The molecule has 0 spiro atoms. The molecule has 0 aromatic carbocycles. The molecule has 0 radical (unpaired) electrons. The van der Waals surface area contributed by atoms with Gasteiger partial charge >= 0.3 is 6.18 Å². The Hall–Kier alpha value is -2.55. The van der Waals surface area contributed by atoms with E-state index in [2.05, 4.69) is 25.3 Å². The molecular weight excluding hydrogens is 351 g/mol. The van der Waals surface area contributed by atoms with Crippen LogP contribution in [0.25, 0.3) is 11.4 Å². The van der Waals surface area contributed by atoms with E-state index in [4.69, 9.17) is 0 Å². The van der Waals surface area contributed by atoms with E-state index in [1.165, 1.54) is 23.7 Å². The van der Waals surface area contributed by atoms with Gasteiger partial charge in [0.25, 0.3) is 0 Å². The molecule has 0 aliphatic rings. The third-order valence-electron chi connectivity index (χ3n) is 3.37. The van der Waals surface area contributed by atoms with E-state index >= 15 is 0 Å². The Balaban J connectivity index is 1.94. The summed E-state index contributed by atoms with van der Waals surface area (Å²) in [7, 11) is 0. The average molecular weight is 365 g/mol.